The predicted octanol–water partition coefficient (Wildman–Crippen LogP) is 2.22. The number of nitrogens with one attached hydrogen (secondary N) is 2. The Morgan fingerprint density at radius 1 is 1.08 bits per heavy atom. The molecular formula is C18H22N2O4S. The van der Waals surface area contributed by atoms with E-state index in [1.807, 2.05) is 43.3 Å². The van der Waals surface area contributed by atoms with E-state index in [9.17, 15) is 13.2 Å². The molecule has 0 aliphatic carbocycles. The second-order valence-electron chi connectivity index (χ2n) is 5.72. The molecule has 0 fully saturated rings. The van der Waals surface area contributed by atoms with E-state index in [2.05, 4.69) is 10.2 Å². The lowest BCUT2D eigenvalue weighted by molar-refractivity contribution is -0.134. The Kier molecular flexibility index (Phi) is 6.69. The van der Waals surface area contributed by atoms with Crippen LogP contribution in [0.25, 0.3) is 0 Å². The normalized spacial score (nSPS) is 11.3. The van der Waals surface area contributed by atoms with E-state index in [1.54, 1.807) is 19.1 Å². The van der Waals surface area contributed by atoms with E-state index in [1.165, 1.54) is 0 Å². The van der Waals surface area contributed by atoms with Crippen LogP contribution in [-0.2, 0) is 26.3 Å². The first-order valence-corrected chi connectivity index (χ1v) is 9.38. The van der Waals surface area contributed by atoms with Gasteiger partial charge in [0.15, 0.2) is 0 Å². The zero-order chi connectivity index (χ0) is 18.3. The number of sulfonamides is 1. The summed E-state index contributed by atoms with van der Waals surface area (Å²) >= 11 is 0. The van der Waals surface area contributed by atoms with Gasteiger partial charge in [0.1, 0.15) is 0 Å². The highest BCUT2D eigenvalue weighted by Crippen LogP contribution is 2.16. The molecular weight excluding hydrogens is 340 g/mol. The van der Waals surface area contributed by atoms with Crippen molar-refractivity contribution >= 4 is 15.9 Å². The van der Waals surface area contributed by atoms with Gasteiger partial charge in [0.25, 0.3) is 0 Å². The monoisotopic (exact) mass is 362 g/mol. The third kappa shape index (κ3) is 5.97. The molecule has 1 amide bonds. The van der Waals surface area contributed by atoms with Gasteiger partial charge in [-0.1, -0.05) is 42.5 Å². The highest BCUT2D eigenvalue weighted by Gasteiger charge is 2.17. The van der Waals surface area contributed by atoms with Crippen LogP contribution in [0.3, 0.4) is 0 Å². The van der Waals surface area contributed by atoms with Gasteiger partial charge in [-0.15, -0.1) is 0 Å². The van der Waals surface area contributed by atoms with Crippen molar-refractivity contribution in [2.45, 2.75) is 31.8 Å². The van der Waals surface area contributed by atoms with Crippen LogP contribution in [-0.4, -0.2) is 20.9 Å². The van der Waals surface area contributed by atoms with Gasteiger partial charge in [-0.3, -0.25) is 9.63 Å². The zero-order valence-corrected chi connectivity index (χ0v) is 15.1. The molecule has 25 heavy (non-hydrogen) atoms. The van der Waals surface area contributed by atoms with Gasteiger partial charge in [0, 0.05) is 13.0 Å². The average Bonchev–Trinajstić information content (AvgIpc) is 2.58. The molecule has 0 aliphatic heterocycles. The Morgan fingerprint density at radius 3 is 2.52 bits per heavy atom. The van der Waals surface area contributed by atoms with Crippen LogP contribution < -0.4 is 10.2 Å². The number of aryl methyl sites for hydroxylation is 2. The largest absolute Gasteiger partial charge is 0.273 e. The van der Waals surface area contributed by atoms with E-state index >= 15 is 0 Å². The van der Waals surface area contributed by atoms with Crippen LogP contribution in [0.5, 0.6) is 0 Å². The first-order valence-electron chi connectivity index (χ1n) is 7.90. The molecule has 134 valence electrons. The van der Waals surface area contributed by atoms with Crippen LogP contribution in [0, 0.1) is 13.8 Å². The first kappa shape index (κ1) is 19.1. The summed E-state index contributed by atoms with van der Waals surface area (Å²) in [6.45, 7) is 3.81. The van der Waals surface area contributed by atoms with E-state index in [0.717, 1.165) is 11.1 Å². The number of benzene rings is 2. The molecule has 2 aromatic carbocycles. The highest BCUT2D eigenvalue weighted by atomic mass is 32.2. The average molecular weight is 362 g/mol. The minimum absolute atomic E-state index is 0.00372. The van der Waals surface area contributed by atoms with Crippen molar-refractivity contribution in [3.63, 3.8) is 0 Å². The number of amides is 1. The maximum atomic E-state index is 12.3. The predicted molar refractivity (Wildman–Crippen MR) is 95.1 cm³/mol. The van der Waals surface area contributed by atoms with Gasteiger partial charge in [-0.25, -0.2) is 18.6 Å². The van der Waals surface area contributed by atoms with Crippen LogP contribution in [0.15, 0.2) is 53.4 Å². The maximum absolute atomic E-state index is 12.3. The molecule has 0 saturated heterocycles. The van der Waals surface area contributed by atoms with Crippen LogP contribution in [0.2, 0.25) is 0 Å². The Bertz CT molecular complexity index is 820. The topological polar surface area (TPSA) is 84.5 Å². The molecule has 0 saturated carbocycles. The zero-order valence-electron chi connectivity index (χ0n) is 14.3. The summed E-state index contributed by atoms with van der Waals surface area (Å²) in [6.07, 6.45) is -0.0150. The Labute approximate surface area is 148 Å². The minimum atomic E-state index is -3.64. The quantitative estimate of drug-likeness (QED) is 0.705. The summed E-state index contributed by atoms with van der Waals surface area (Å²) in [5.41, 5.74) is 4.75. The summed E-state index contributed by atoms with van der Waals surface area (Å²) in [5.74, 6) is -0.389. The second-order valence-corrected chi connectivity index (χ2v) is 7.45. The number of hydroxylamine groups is 1. The third-order valence-corrected chi connectivity index (χ3v) is 5.15. The first-order chi connectivity index (χ1) is 11.9. The number of rotatable bonds is 8. The molecule has 2 N–H and O–H groups in total. The van der Waals surface area contributed by atoms with Crippen molar-refractivity contribution in [3.05, 3.63) is 65.2 Å². The fourth-order valence-electron chi connectivity index (χ4n) is 2.20. The molecule has 6 nitrogen and oxygen atoms in total. The van der Waals surface area contributed by atoms with E-state index in [0.29, 0.717) is 5.56 Å². The minimum Gasteiger partial charge on any atom is -0.273 e. The summed E-state index contributed by atoms with van der Waals surface area (Å²) in [6, 6.07) is 14.6. The molecule has 0 atom stereocenters. The highest BCUT2D eigenvalue weighted by molar-refractivity contribution is 7.89. The molecule has 0 aromatic heterocycles. The van der Waals surface area contributed by atoms with E-state index < -0.39 is 10.0 Å². The molecule has 0 aliphatic rings. The lowest BCUT2D eigenvalue weighted by Crippen LogP contribution is -2.31. The second kappa shape index (κ2) is 8.75. The van der Waals surface area contributed by atoms with Gasteiger partial charge in [-0.05, 0) is 36.6 Å². The molecule has 0 bridgehead atoms. The van der Waals surface area contributed by atoms with E-state index in [4.69, 9.17) is 4.84 Å². The van der Waals surface area contributed by atoms with Crippen LogP contribution in [0.4, 0.5) is 0 Å². The summed E-state index contributed by atoms with van der Waals surface area (Å²) in [7, 11) is -3.64. The van der Waals surface area contributed by atoms with Crippen LogP contribution >= 0.6 is 0 Å². The lowest BCUT2D eigenvalue weighted by Gasteiger charge is -2.10. The van der Waals surface area contributed by atoms with Crippen molar-refractivity contribution in [1.29, 1.82) is 0 Å². The van der Waals surface area contributed by atoms with Gasteiger partial charge in [0.2, 0.25) is 15.9 Å². The number of carbonyl (C=O) groups excluding carboxylic acids is 1. The van der Waals surface area contributed by atoms with Crippen molar-refractivity contribution < 1.29 is 18.0 Å². The SMILES string of the molecule is Cc1ccc(C)c(S(=O)(=O)NCCC(=O)NOCc2ccccc2)c1. The van der Waals surface area contributed by atoms with Gasteiger partial charge < -0.3 is 0 Å². The summed E-state index contributed by atoms with van der Waals surface area (Å²) in [4.78, 5) is 17.0. The number of hydrogen-bond acceptors (Lipinski definition) is 4. The summed E-state index contributed by atoms with van der Waals surface area (Å²) in [5, 5.41) is 0. The molecule has 0 radical (unpaired) electrons. The fraction of sp³-hybridized carbons (Fsp3) is 0.278. The standard InChI is InChI=1S/C18H22N2O4S/c1-14-8-9-15(2)17(12-14)25(22,23)19-11-10-18(21)20-24-13-16-6-4-3-5-7-16/h3-9,12,19H,10-11,13H2,1-2H3,(H,20,21). The molecule has 2 aromatic rings. The van der Waals surface area contributed by atoms with Crippen molar-refractivity contribution in [2.24, 2.45) is 0 Å². The number of carbonyl (C=O) groups is 1. The van der Waals surface area contributed by atoms with Gasteiger partial charge >= 0.3 is 0 Å². The molecule has 0 heterocycles. The molecule has 0 spiro atoms. The van der Waals surface area contributed by atoms with Gasteiger partial charge in [-0.2, -0.15) is 0 Å². The van der Waals surface area contributed by atoms with Crippen molar-refractivity contribution in [2.75, 3.05) is 6.54 Å². The Hall–Kier alpha value is -2.22. The molecule has 7 heteroatoms. The Balaban J connectivity index is 1.77. The number of hydrogen-bond donors (Lipinski definition) is 2. The lowest BCUT2D eigenvalue weighted by atomic mass is 10.2. The maximum Gasteiger partial charge on any atom is 0.244 e. The van der Waals surface area contributed by atoms with E-state index in [-0.39, 0.29) is 30.4 Å². The third-order valence-electron chi connectivity index (χ3n) is 3.54. The molecule has 2 rings (SSSR count). The van der Waals surface area contributed by atoms with Crippen molar-refractivity contribution in [1.82, 2.24) is 10.2 Å². The smallest absolute Gasteiger partial charge is 0.244 e. The van der Waals surface area contributed by atoms with Crippen molar-refractivity contribution in [3.8, 4) is 0 Å². The van der Waals surface area contributed by atoms with Gasteiger partial charge in [0.05, 0.1) is 11.5 Å². The van der Waals surface area contributed by atoms with Crippen LogP contribution in [0.1, 0.15) is 23.1 Å². The Morgan fingerprint density at radius 2 is 1.80 bits per heavy atom. The fourth-order valence-corrected chi connectivity index (χ4v) is 3.56. The molecule has 0 unspecified atom stereocenters. The summed E-state index contributed by atoms with van der Waals surface area (Å²) < 4.78 is 27.1.